The number of ether oxygens (including phenoxy) is 2. The molecule has 13 heavy (non-hydrogen) atoms. The third-order valence-corrected chi connectivity index (χ3v) is 2.20. The molecule has 0 unspecified atom stereocenters. The number of rotatable bonds is 4. The summed E-state index contributed by atoms with van der Waals surface area (Å²) in [6.45, 7) is 3.70. The van der Waals surface area contributed by atoms with Crippen LogP contribution in [0.15, 0.2) is 0 Å². The minimum Gasteiger partial charge on any atom is -0.465 e. The van der Waals surface area contributed by atoms with Crippen LogP contribution in [0.3, 0.4) is 0 Å². The fourth-order valence-electron chi connectivity index (χ4n) is 1.47. The maximum atomic E-state index is 11.1. The highest BCUT2D eigenvalue weighted by molar-refractivity contribution is 5.75. The highest BCUT2D eigenvalue weighted by Crippen LogP contribution is 2.17. The first kappa shape index (κ1) is 10.5. The van der Waals surface area contributed by atoms with Crippen LogP contribution in [0, 0.1) is 5.92 Å². The van der Waals surface area contributed by atoms with Crippen molar-refractivity contribution in [1.29, 1.82) is 0 Å². The molecule has 0 aromatic carbocycles. The second-order valence-corrected chi connectivity index (χ2v) is 3.32. The fourth-order valence-corrected chi connectivity index (χ4v) is 1.47. The smallest absolute Gasteiger partial charge is 0.322 e. The topological polar surface area (TPSA) is 61.5 Å². The lowest BCUT2D eigenvalue weighted by molar-refractivity contribution is -0.145. The van der Waals surface area contributed by atoms with Crippen molar-refractivity contribution in [2.75, 3.05) is 19.8 Å². The summed E-state index contributed by atoms with van der Waals surface area (Å²) >= 11 is 0. The molecule has 0 amide bonds. The van der Waals surface area contributed by atoms with E-state index in [0.717, 1.165) is 19.6 Å². The van der Waals surface area contributed by atoms with E-state index in [4.69, 9.17) is 15.2 Å². The summed E-state index contributed by atoms with van der Waals surface area (Å²) in [4.78, 5) is 11.1. The van der Waals surface area contributed by atoms with E-state index >= 15 is 0 Å². The third kappa shape index (κ3) is 3.32. The molecule has 0 radical (unpaired) electrons. The van der Waals surface area contributed by atoms with Crippen LogP contribution >= 0.6 is 0 Å². The fraction of sp³-hybridized carbons (Fsp3) is 0.889. The van der Waals surface area contributed by atoms with Crippen LogP contribution in [0.5, 0.6) is 0 Å². The van der Waals surface area contributed by atoms with Gasteiger partial charge in [0.15, 0.2) is 0 Å². The molecule has 1 rings (SSSR count). The summed E-state index contributed by atoms with van der Waals surface area (Å²) in [6, 6.07) is -0.480. The molecule has 0 spiro atoms. The molecule has 2 atom stereocenters. The Bertz CT molecular complexity index is 166. The van der Waals surface area contributed by atoms with Crippen LogP contribution < -0.4 is 5.73 Å². The van der Waals surface area contributed by atoms with E-state index < -0.39 is 6.04 Å². The second-order valence-electron chi connectivity index (χ2n) is 3.32. The van der Waals surface area contributed by atoms with Crippen molar-refractivity contribution in [2.45, 2.75) is 25.8 Å². The maximum absolute atomic E-state index is 11.1. The molecule has 1 aliphatic heterocycles. The largest absolute Gasteiger partial charge is 0.465 e. The molecule has 0 aromatic heterocycles. The minimum atomic E-state index is -0.480. The van der Waals surface area contributed by atoms with Gasteiger partial charge < -0.3 is 15.2 Å². The summed E-state index contributed by atoms with van der Waals surface area (Å²) in [6.07, 6.45) is 1.69. The number of carbonyl (C=O) groups is 1. The maximum Gasteiger partial charge on any atom is 0.322 e. The van der Waals surface area contributed by atoms with Crippen molar-refractivity contribution < 1.29 is 14.3 Å². The van der Waals surface area contributed by atoms with Gasteiger partial charge in [0, 0.05) is 13.2 Å². The monoisotopic (exact) mass is 187 g/mol. The van der Waals surface area contributed by atoms with Crippen molar-refractivity contribution in [2.24, 2.45) is 11.7 Å². The number of hydrogen-bond acceptors (Lipinski definition) is 4. The zero-order valence-electron chi connectivity index (χ0n) is 7.99. The number of esters is 1. The lowest BCUT2D eigenvalue weighted by Crippen LogP contribution is -2.34. The number of hydrogen-bond donors (Lipinski definition) is 1. The molecule has 1 fully saturated rings. The molecular formula is C9H17NO3. The Morgan fingerprint density at radius 2 is 2.54 bits per heavy atom. The molecule has 4 nitrogen and oxygen atoms in total. The molecule has 0 saturated carbocycles. The average molecular weight is 187 g/mol. The predicted octanol–water partition coefficient (Wildman–Crippen LogP) is 0.303. The predicted molar refractivity (Wildman–Crippen MR) is 48.2 cm³/mol. The summed E-state index contributed by atoms with van der Waals surface area (Å²) in [5.41, 5.74) is 5.65. The molecule has 0 aromatic rings. The lowest BCUT2D eigenvalue weighted by atomic mass is 10.00. The Labute approximate surface area is 78.4 Å². The van der Waals surface area contributed by atoms with Gasteiger partial charge in [-0.2, -0.15) is 0 Å². The van der Waals surface area contributed by atoms with Crippen LogP contribution in [0.25, 0.3) is 0 Å². The van der Waals surface area contributed by atoms with Gasteiger partial charge in [-0.3, -0.25) is 4.79 Å². The van der Waals surface area contributed by atoms with Crippen LogP contribution in [-0.4, -0.2) is 31.8 Å². The van der Waals surface area contributed by atoms with Crippen LogP contribution in [0.4, 0.5) is 0 Å². The van der Waals surface area contributed by atoms with Crippen LogP contribution in [0.1, 0.15) is 19.8 Å². The molecule has 76 valence electrons. The Morgan fingerprint density at radius 1 is 1.77 bits per heavy atom. The van der Waals surface area contributed by atoms with E-state index in [2.05, 4.69) is 0 Å². The summed E-state index contributed by atoms with van der Waals surface area (Å²) < 4.78 is 10.00. The van der Waals surface area contributed by atoms with E-state index in [-0.39, 0.29) is 5.97 Å². The highest BCUT2D eigenvalue weighted by atomic mass is 16.5. The summed E-state index contributed by atoms with van der Waals surface area (Å²) in [5.74, 6) is 0.133. The SMILES string of the molecule is CCOC(=O)[C@H](N)C[C@H]1CCOC1. The lowest BCUT2D eigenvalue weighted by Gasteiger charge is -2.13. The zero-order valence-corrected chi connectivity index (χ0v) is 7.99. The van der Waals surface area contributed by atoms with Gasteiger partial charge in [-0.25, -0.2) is 0 Å². The van der Waals surface area contributed by atoms with Gasteiger partial charge in [0.25, 0.3) is 0 Å². The summed E-state index contributed by atoms with van der Waals surface area (Å²) in [7, 11) is 0. The molecular weight excluding hydrogens is 170 g/mol. The molecule has 0 aliphatic carbocycles. The van der Waals surface area contributed by atoms with Crippen molar-refractivity contribution in [3.63, 3.8) is 0 Å². The van der Waals surface area contributed by atoms with E-state index in [0.29, 0.717) is 18.9 Å². The molecule has 4 heteroatoms. The Hall–Kier alpha value is -0.610. The average Bonchev–Trinajstić information content (AvgIpc) is 2.57. The first-order valence-corrected chi connectivity index (χ1v) is 4.74. The van der Waals surface area contributed by atoms with Crippen molar-refractivity contribution in [1.82, 2.24) is 0 Å². The Morgan fingerprint density at radius 3 is 3.08 bits per heavy atom. The van der Waals surface area contributed by atoms with Gasteiger partial charge in [0.1, 0.15) is 6.04 Å². The van der Waals surface area contributed by atoms with E-state index in [1.807, 2.05) is 0 Å². The minimum absolute atomic E-state index is 0.297. The Kier molecular flexibility index (Phi) is 4.18. The first-order valence-electron chi connectivity index (χ1n) is 4.74. The highest BCUT2D eigenvalue weighted by Gasteiger charge is 2.23. The van der Waals surface area contributed by atoms with Gasteiger partial charge in [-0.05, 0) is 25.7 Å². The van der Waals surface area contributed by atoms with Gasteiger partial charge in [0.2, 0.25) is 0 Å². The van der Waals surface area contributed by atoms with Crippen LogP contribution in [0.2, 0.25) is 0 Å². The van der Waals surface area contributed by atoms with Crippen molar-refractivity contribution in [3.05, 3.63) is 0 Å². The van der Waals surface area contributed by atoms with E-state index in [1.165, 1.54) is 0 Å². The Balaban J connectivity index is 2.22. The van der Waals surface area contributed by atoms with Gasteiger partial charge >= 0.3 is 5.97 Å². The van der Waals surface area contributed by atoms with Crippen molar-refractivity contribution in [3.8, 4) is 0 Å². The van der Waals surface area contributed by atoms with Gasteiger partial charge in [0.05, 0.1) is 6.61 Å². The zero-order chi connectivity index (χ0) is 9.68. The van der Waals surface area contributed by atoms with Gasteiger partial charge in [-0.1, -0.05) is 0 Å². The molecule has 1 aliphatic rings. The van der Waals surface area contributed by atoms with Gasteiger partial charge in [-0.15, -0.1) is 0 Å². The standard InChI is InChI=1S/C9H17NO3/c1-2-13-9(11)8(10)5-7-3-4-12-6-7/h7-8H,2-6,10H2,1H3/t7-,8-/m1/s1. The molecule has 2 N–H and O–H groups in total. The van der Waals surface area contributed by atoms with E-state index in [9.17, 15) is 4.79 Å². The van der Waals surface area contributed by atoms with E-state index in [1.54, 1.807) is 6.92 Å². The second kappa shape index (κ2) is 5.19. The third-order valence-electron chi connectivity index (χ3n) is 2.20. The van der Waals surface area contributed by atoms with Crippen molar-refractivity contribution >= 4 is 5.97 Å². The quantitative estimate of drug-likeness (QED) is 0.643. The van der Waals surface area contributed by atoms with Crippen LogP contribution in [-0.2, 0) is 14.3 Å². The summed E-state index contributed by atoms with van der Waals surface area (Å²) in [5, 5.41) is 0. The number of nitrogens with two attached hydrogens (primary N) is 1. The molecule has 0 bridgehead atoms. The first-order chi connectivity index (χ1) is 6.24. The molecule has 1 heterocycles. The number of carbonyl (C=O) groups excluding carboxylic acids is 1. The molecule has 1 saturated heterocycles. The normalized spacial score (nSPS) is 24.3.